The molecule has 0 aliphatic carbocycles. The number of benzene rings is 1. The standard InChI is InChI=1S/C22H24N8.HI/c1-23-22(26-14-17-9-11-24-21(13-17)30-12-6-10-27-30)29(2)16-20-25-15-19(28-20)18-7-4-3-5-8-18;/h3-13,15H,14,16H2,1-2H3,(H,23,26)(H,25,28);1H. The van der Waals surface area contributed by atoms with Crippen LogP contribution in [0.5, 0.6) is 0 Å². The van der Waals surface area contributed by atoms with E-state index < -0.39 is 0 Å². The average Bonchev–Trinajstić information content (AvgIpc) is 3.48. The molecule has 31 heavy (non-hydrogen) atoms. The summed E-state index contributed by atoms with van der Waals surface area (Å²) in [5.41, 5.74) is 3.21. The van der Waals surface area contributed by atoms with Gasteiger partial charge in [0.25, 0.3) is 0 Å². The summed E-state index contributed by atoms with van der Waals surface area (Å²) < 4.78 is 1.74. The number of H-pyrrole nitrogens is 1. The molecular formula is C22H25IN8. The van der Waals surface area contributed by atoms with Crippen LogP contribution in [0.2, 0.25) is 0 Å². The number of nitrogens with one attached hydrogen (secondary N) is 2. The maximum absolute atomic E-state index is 4.51. The number of hydrogen-bond acceptors (Lipinski definition) is 4. The molecule has 0 spiro atoms. The summed E-state index contributed by atoms with van der Waals surface area (Å²) in [5.74, 6) is 2.45. The molecule has 0 bridgehead atoms. The highest BCUT2D eigenvalue weighted by molar-refractivity contribution is 14.0. The molecule has 0 fully saturated rings. The third kappa shape index (κ3) is 5.69. The maximum Gasteiger partial charge on any atom is 0.194 e. The van der Waals surface area contributed by atoms with Gasteiger partial charge in [-0.1, -0.05) is 30.3 Å². The van der Waals surface area contributed by atoms with Gasteiger partial charge in [0.1, 0.15) is 5.82 Å². The van der Waals surface area contributed by atoms with Crippen LogP contribution in [0.1, 0.15) is 11.4 Å². The first-order valence-electron chi connectivity index (χ1n) is 9.69. The molecule has 0 unspecified atom stereocenters. The van der Waals surface area contributed by atoms with Gasteiger partial charge in [-0.3, -0.25) is 4.99 Å². The fourth-order valence-electron chi connectivity index (χ4n) is 3.17. The number of imidazole rings is 1. The number of pyridine rings is 1. The fourth-order valence-corrected chi connectivity index (χ4v) is 3.17. The van der Waals surface area contributed by atoms with Gasteiger partial charge in [-0.2, -0.15) is 5.10 Å². The second kappa shape index (κ2) is 10.7. The monoisotopic (exact) mass is 528 g/mol. The summed E-state index contributed by atoms with van der Waals surface area (Å²) in [6, 6.07) is 16.0. The number of halogens is 1. The molecule has 4 rings (SSSR count). The van der Waals surface area contributed by atoms with E-state index in [1.165, 1.54) is 0 Å². The van der Waals surface area contributed by atoms with Gasteiger partial charge in [0.15, 0.2) is 11.8 Å². The summed E-state index contributed by atoms with van der Waals surface area (Å²) in [6.07, 6.45) is 7.26. The van der Waals surface area contributed by atoms with Gasteiger partial charge in [0.05, 0.1) is 18.4 Å². The van der Waals surface area contributed by atoms with E-state index in [9.17, 15) is 0 Å². The lowest BCUT2D eigenvalue weighted by molar-refractivity contribution is 0.464. The molecule has 0 saturated carbocycles. The Morgan fingerprint density at radius 2 is 1.97 bits per heavy atom. The van der Waals surface area contributed by atoms with E-state index in [4.69, 9.17) is 0 Å². The van der Waals surface area contributed by atoms with Crippen LogP contribution >= 0.6 is 24.0 Å². The van der Waals surface area contributed by atoms with Crippen LogP contribution < -0.4 is 5.32 Å². The van der Waals surface area contributed by atoms with Crippen LogP contribution in [0.3, 0.4) is 0 Å². The van der Waals surface area contributed by atoms with Crippen molar-refractivity contribution >= 4 is 29.9 Å². The number of nitrogens with zero attached hydrogens (tertiary/aromatic N) is 6. The minimum Gasteiger partial charge on any atom is -0.352 e. The van der Waals surface area contributed by atoms with Crippen LogP contribution in [0.15, 0.2) is 78.3 Å². The number of guanidine groups is 1. The Balaban J connectivity index is 0.00000272. The lowest BCUT2D eigenvalue weighted by atomic mass is 10.2. The molecular weight excluding hydrogens is 503 g/mol. The number of aromatic nitrogens is 5. The van der Waals surface area contributed by atoms with Crippen molar-refractivity contribution in [1.29, 1.82) is 0 Å². The Morgan fingerprint density at radius 3 is 2.71 bits per heavy atom. The molecule has 0 aliphatic rings. The van der Waals surface area contributed by atoms with Crippen LogP contribution in [0.4, 0.5) is 0 Å². The van der Waals surface area contributed by atoms with E-state index in [1.807, 2.05) is 60.7 Å². The highest BCUT2D eigenvalue weighted by Gasteiger charge is 2.10. The Bertz CT molecular complexity index is 1110. The summed E-state index contributed by atoms with van der Waals surface area (Å²) in [6.45, 7) is 1.24. The quantitative estimate of drug-likeness (QED) is 0.228. The Kier molecular flexibility index (Phi) is 7.76. The zero-order valence-corrected chi connectivity index (χ0v) is 19.8. The lowest BCUT2D eigenvalue weighted by Gasteiger charge is -2.21. The van der Waals surface area contributed by atoms with Gasteiger partial charge in [-0.15, -0.1) is 24.0 Å². The van der Waals surface area contributed by atoms with Gasteiger partial charge in [-0.25, -0.2) is 14.6 Å². The van der Waals surface area contributed by atoms with Crippen molar-refractivity contribution in [3.63, 3.8) is 0 Å². The summed E-state index contributed by atoms with van der Waals surface area (Å²) in [5, 5.41) is 7.62. The van der Waals surface area contributed by atoms with E-state index in [0.29, 0.717) is 13.1 Å². The van der Waals surface area contributed by atoms with Crippen molar-refractivity contribution in [2.75, 3.05) is 14.1 Å². The highest BCUT2D eigenvalue weighted by Crippen LogP contribution is 2.16. The first-order chi connectivity index (χ1) is 14.7. The molecule has 160 valence electrons. The number of rotatable bonds is 6. The van der Waals surface area contributed by atoms with Crippen LogP contribution in [-0.4, -0.2) is 49.7 Å². The molecule has 0 aliphatic heterocycles. The first-order valence-corrected chi connectivity index (χ1v) is 9.69. The second-order valence-corrected chi connectivity index (χ2v) is 6.84. The Labute approximate surface area is 198 Å². The second-order valence-electron chi connectivity index (χ2n) is 6.84. The summed E-state index contributed by atoms with van der Waals surface area (Å²) in [4.78, 5) is 18.7. The normalized spacial score (nSPS) is 11.1. The minimum atomic E-state index is 0. The lowest BCUT2D eigenvalue weighted by Crippen LogP contribution is -2.38. The van der Waals surface area contributed by atoms with E-state index in [0.717, 1.165) is 34.4 Å². The number of hydrogen-bond donors (Lipinski definition) is 2. The molecule has 0 atom stereocenters. The van der Waals surface area contributed by atoms with Crippen LogP contribution in [-0.2, 0) is 13.1 Å². The topological polar surface area (TPSA) is 87.0 Å². The Hall–Kier alpha value is -3.21. The van der Waals surface area contributed by atoms with Gasteiger partial charge >= 0.3 is 0 Å². The van der Waals surface area contributed by atoms with Crippen molar-refractivity contribution in [3.05, 3.63) is 84.7 Å². The molecule has 2 N–H and O–H groups in total. The smallest absolute Gasteiger partial charge is 0.194 e. The molecule has 4 aromatic rings. The number of aliphatic imine (C=N–C) groups is 1. The van der Waals surface area contributed by atoms with Crippen LogP contribution in [0, 0.1) is 0 Å². The molecule has 8 nitrogen and oxygen atoms in total. The summed E-state index contributed by atoms with van der Waals surface area (Å²) >= 11 is 0. The Morgan fingerprint density at radius 1 is 1.13 bits per heavy atom. The van der Waals surface area contributed by atoms with Gasteiger partial charge in [0.2, 0.25) is 0 Å². The molecule has 9 heteroatoms. The van der Waals surface area contributed by atoms with E-state index in [2.05, 4.69) is 42.5 Å². The van der Waals surface area contributed by atoms with Crippen molar-refractivity contribution in [2.45, 2.75) is 13.1 Å². The molecule has 3 heterocycles. The predicted molar refractivity (Wildman–Crippen MR) is 132 cm³/mol. The maximum atomic E-state index is 4.51. The molecule has 0 amide bonds. The number of aromatic amines is 1. The summed E-state index contributed by atoms with van der Waals surface area (Å²) in [7, 11) is 3.76. The van der Waals surface area contributed by atoms with Crippen molar-refractivity contribution in [2.24, 2.45) is 4.99 Å². The zero-order chi connectivity index (χ0) is 20.8. The van der Waals surface area contributed by atoms with E-state index in [-0.39, 0.29) is 24.0 Å². The van der Waals surface area contributed by atoms with Crippen molar-refractivity contribution in [1.82, 2.24) is 34.9 Å². The van der Waals surface area contributed by atoms with Crippen LogP contribution in [0.25, 0.3) is 17.1 Å². The average molecular weight is 528 g/mol. The minimum absolute atomic E-state index is 0. The van der Waals surface area contributed by atoms with E-state index in [1.54, 1.807) is 24.1 Å². The fraction of sp³-hybridized carbons (Fsp3) is 0.182. The predicted octanol–water partition coefficient (Wildman–Crippen LogP) is 3.48. The van der Waals surface area contributed by atoms with E-state index >= 15 is 0 Å². The third-order valence-electron chi connectivity index (χ3n) is 4.67. The van der Waals surface area contributed by atoms with Crippen molar-refractivity contribution in [3.8, 4) is 17.1 Å². The molecule has 0 radical (unpaired) electrons. The SMILES string of the molecule is CN=C(NCc1ccnc(-n2cccn2)c1)N(C)Cc1ncc(-c2ccccc2)[nH]1.I. The highest BCUT2D eigenvalue weighted by atomic mass is 127. The van der Waals surface area contributed by atoms with Gasteiger partial charge in [0, 0.05) is 39.2 Å². The molecule has 0 saturated heterocycles. The largest absolute Gasteiger partial charge is 0.352 e. The van der Waals surface area contributed by atoms with Gasteiger partial charge < -0.3 is 15.2 Å². The zero-order valence-electron chi connectivity index (χ0n) is 17.4. The van der Waals surface area contributed by atoms with Crippen molar-refractivity contribution < 1.29 is 0 Å². The van der Waals surface area contributed by atoms with Gasteiger partial charge in [-0.05, 0) is 29.3 Å². The molecule has 3 aromatic heterocycles. The molecule has 1 aromatic carbocycles. The third-order valence-corrected chi connectivity index (χ3v) is 4.67. The first kappa shape index (κ1) is 22.5.